The number of esters is 1. The third-order valence-electron chi connectivity index (χ3n) is 7.22. The lowest BCUT2D eigenvalue weighted by atomic mass is 10.1. The van der Waals surface area contributed by atoms with Gasteiger partial charge in [0.15, 0.2) is 0 Å². The molecule has 0 aromatic heterocycles. The van der Waals surface area contributed by atoms with E-state index in [2.05, 4.69) is 36.4 Å². The minimum atomic E-state index is -3.67. The van der Waals surface area contributed by atoms with Gasteiger partial charge < -0.3 is 18.0 Å². The van der Waals surface area contributed by atoms with Crippen molar-refractivity contribution in [2.75, 3.05) is 6.61 Å². The largest absolute Gasteiger partial charge is 0.699 e. The van der Waals surface area contributed by atoms with E-state index in [0.717, 1.165) is 32.3 Å². The number of allylic oxidation sites excluding steroid dienone is 1. The van der Waals surface area contributed by atoms with Gasteiger partial charge in [-0.2, -0.15) is 0 Å². The van der Waals surface area contributed by atoms with Gasteiger partial charge in [0.25, 0.3) is 0 Å². The summed E-state index contributed by atoms with van der Waals surface area (Å²) in [6.07, 6.45) is 3.56. The van der Waals surface area contributed by atoms with E-state index in [0.29, 0.717) is 29.7 Å². The van der Waals surface area contributed by atoms with Crippen LogP contribution in [0.1, 0.15) is 13.3 Å². The quantitative estimate of drug-likeness (QED) is 0.0658. The molecule has 0 amide bonds. The highest BCUT2D eigenvalue weighted by Gasteiger charge is 2.49. The maximum Gasteiger partial charge on any atom is 0.699 e. The van der Waals surface area contributed by atoms with Gasteiger partial charge in [-0.15, -0.1) is 0 Å². The first kappa shape index (κ1) is 28.1. The van der Waals surface area contributed by atoms with Crippen molar-refractivity contribution in [2.24, 2.45) is 0 Å². The van der Waals surface area contributed by atoms with Crippen LogP contribution >= 0.6 is 0 Å². The van der Waals surface area contributed by atoms with Crippen molar-refractivity contribution in [3.05, 3.63) is 140 Å². The Labute approximate surface area is 252 Å². The van der Waals surface area contributed by atoms with Crippen molar-refractivity contribution >= 4 is 47.1 Å². The number of carbonyl (C=O) groups excluding carboxylic acids is 1. The van der Waals surface area contributed by atoms with E-state index >= 15 is 0 Å². The Hall–Kier alpha value is -5.07. The Morgan fingerprint density at radius 2 is 0.977 bits per heavy atom. The van der Waals surface area contributed by atoms with Gasteiger partial charge in [-0.1, -0.05) is 115 Å². The van der Waals surface area contributed by atoms with Gasteiger partial charge in [0.05, 0.1) is 12.7 Å². The molecule has 0 aliphatic heterocycles. The number of benzene rings is 6. The summed E-state index contributed by atoms with van der Waals surface area (Å²) in [4.78, 5) is 12.1. The lowest BCUT2D eigenvalue weighted by Gasteiger charge is -2.31. The first-order valence-electron chi connectivity index (χ1n) is 14.4. The number of hydrogen-bond donors (Lipinski definition) is 0. The molecule has 0 fully saturated rings. The van der Waals surface area contributed by atoms with Crippen LogP contribution in [0, 0.1) is 0 Å². The molecule has 0 saturated carbocycles. The average molecular weight is 585 g/mol. The maximum absolute atomic E-state index is 12.1. The third-order valence-corrected chi connectivity index (χ3v) is 9.78. The summed E-state index contributed by atoms with van der Waals surface area (Å²) in [5.74, 6) is 1.65. The van der Waals surface area contributed by atoms with Crippen LogP contribution in [-0.4, -0.2) is 21.4 Å². The molecule has 0 heterocycles. The number of fused-ring (bicyclic) bond motifs is 3. The molecule has 5 nitrogen and oxygen atoms in total. The minimum Gasteiger partial charge on any atom is -0.483 e. The van der Waals surface area contributed by atoms with Crippen LogP contribution in [0.4, 0.5) is 0 Å². The van der Waals surface area contributed by atoms with Gasteiger partial charge in [-0.3, -0.25) is 0 Å². The SMILES string of the molecule is CC=CC(=O)OCCC[Si](Oc1cccc2ccccc12)(Oc1cccc2ccccc12)Oc1cccc2ccccc12. The first-order chi connectivity index (χ1) is 21.1. The summed E-state index contributed by atoms with van der Waals surface area (Å²) in [7, 11) is -3.67. The molecule has 0 aliphatic rings. The Morgan fingerprint density at radius 3 is 1.40 bits per heavy atom. The Morgan fingerprint density at radius 1 is 0.581 bits per heavy atom. The lowest BCUT2D eigenvalue weighted by Crippen LogP contribution is -2.55. The highest BCUT2D eigenvalue weighted by atomic mass is 28.4. The number of hydrogen-bond acceptors (Lipinski definition) is 5. The van der Waals surface area contributed by atoms with E-state index in [1.807, 2.05) is 91.0 Å². The summed E-state index contributed by atoms with van der Waals surface area (Å²) in [5, 5.41) is 6.05. The third kappa shape index (κ3) is 6.40. The van der Waals surface area contributed by atoms with Crippen LogP contribution in [0.2, 0.25) is 6.04 Å². The second kappa shape index (κ2) is 12.8. The molecule has 0 bridgehead atoms. The summed E-state index contributed by atoms with van der Waals surface area (Å²) < 4.78 is 26.5. The molecule has 6 rings (SSSR count). The van der Waals surface area contributed by atoms with Crippen molar-refractivity contribution in [1.82, 2.24) is 0 Å². The van der Waals surface area contributed by atoms with Crippen molar-refractivity contribution in [3.63, 3.8) is 0 Å². The predicted molar refractivity (Wildman–Crippen MR) is 175 cm³/mol. The van der Waals surface area contributed by atoms with Gasteiger partial charge in [0.2, 0.25) is 0 Å². The molecule has 0 unspecified atom stereocenters. The maximum atomic E-state index is 12.1. The lowest BCUT2D eigenvalue weighted by molar-refractivity contribution is -0.137. The van der Waals surface area contributed by atoms with Gasteiger partial charge in [0.1, 0.15) is 17.2 Å². The molecule has 0 radical (unpaired) electrons. The monoisotopic (exact) mass is 584 g/mol. The van der Waals surface area contributed by atoms with E-state index in [4.69, 9.17) is 18.0 Å². The van der Waals surface area contributed by atoms with Crippen molar-refractivity contribution in [3.8, 4) is 17.2 Å². The summed E-state index contributed by atoms with van der Waals surface area (Å²) >= 11 is 0. The Balaban J connectivity index is 1.47. The summed E-state index contributed by atoms with van der Waals surface area (Å²) in [6.45, 7) is 1.99. The van der Waals surface area contributed by atoms with E-state index in [-0.39, 0.29) is 12.6 Å². The second-order valence-electron chi connectivity index (χ2n) is 10.2. The topological polar surface area (TPSA) is 54.0 Å². The van der Waals surface area contributed by atoms with Crippen LogP contribution in [0.3, 0.4) is 0 Å². The van der Waals surface area contributed by atoms with Gasteiger partial charge in [0, 0.05) is 22.2 Å². The van der Waals surface area contributed by atoms with Gasteiger partial charge >= 0.3 is 14.8 Å². The zero-order valence-corrected chi connectivity index (χ0v) is 24.9. The van der Waals surface area contributed by atoms with E-state index in [1.54, 1.807) is 13.0 Å². The highest BCUT2D eigenvalue weighted by molar-refractivity contribution is 6.63. The average Bonchev–Trinajstić information content (AvgIpc) is 3.04. The molecule has 214 valence electrons. The van der Waals surface area contributed by atoms with E-state index in [1.165, 1.54) is 6.08 Å². The fraction of sp³-hybridized carbons (Fsp3) is 0.108. The van der Waals surface area contributed by atoms with Gasteiger partial charge in [-0.05, 0) is 47.7 Å². The zero-order valence-electron chi connectivity index (χ0n) is 23.9. The molecule has 0 saturated heterocycles. The molecule has 0 atom stereocenters. The van der Waals surface area contributed by atoms with E-state index in [9.17, 15) is 4.79 Å². The minimum absolute atomic E-state index is 0.203. The zero-order chi connectivity index (χ0) is 29.5. The molecular formula is C37H32O5Si. The molecule has 6 heteroatoms. The molecule has 43 heavy (non-hydrogen) atoms. The smallest absolute Gasteiger partial charge is 0.483 e. The highest BCUT2D eigenvalue weighted by Crippen LogP contribution is 2.36. The molecule has 0 spiro atoms. The van der Waals surface area contributed by atoms with Crippen molar-refractivity contribution < 1.29 is 22.8 Å². The van der Waals surface area contributed by atoms with Crippen molar-refractivity contribution in [1.29, 1.82) is 0 Å². The molecule has 6 aromatic carbocycles. The van der Waals surface area contributed by atoms with Crippen LogP contribution in [0.15, 0.2) is 140 Å². The molecule has 6 aromatic rings. The van der Waals surface area contributed by atoms with Crippen LogP contribution in [0.5, 0.6) is 17.2 Å². The Bertz CT molecular complexity index is 1700. The standard InChI is InChI=1S/C37H32O5Si/c1-2-13-37(38)39-26-12-27-43(40-34-23-9-17-28-14-3-6-20-31(28)34,41-35-24-10-18-29-15-4-7-21-32(29)35)42-36-25-11-19-30-16-5-8-22-33(30)36/h2-11,13-25H,12,26-27H2,1H3. The van der Waals surface area contributed by atoms with Crippen LogP contribution in [0.25, 0.3) is 32.3 Å². The molecule has 0 aliphatic carbocycles. The second-order valence-corrected chi connectivity index (χ2v) is 12.7. The molecular weight excluding hydrogens is 552 g/mol. The first-order valence-corrected chi connectivity index (χ1v) is 16.4. The van der Waals surface area contributed by atoms with Gasteiger partial charge in [-0.25, -0.2) is 4.79 Å². The van der Waals surface area contributed by atoms with Crippen molar-refractivity contribution in [2.45, 2.75) is 19.4 Å². The van der Waals surface area contributed by atoms with Crippen LogP contribution in [-0.2, 0) is 9.53 Å². The summed E-state index contributed by atoms with van der Waals surface area (Å²) in [6, 6.07) is 42.7. The fourth-order valence-electron chi connectivity index (χ4n) is 5.22. The molecule has 0 N–H and O–H groups in total. The fourth-order valence-corrected chi connectivity index (χ4v) is 7.77. The normalized spacial score (nSPS) is 11.7. The Kier molecular flexibility index (Phi) is 8.38. The van der Waals surface area contributed by atoms with Crippen LogP contribution < -0.4 is 13.3 Å². The number of carbonyl (C=O) groups is 1. The number of ether oxygens (including phenoxy) is 1. The predicted octanol–water partition coefficient (Wildman–Crippen LogP) is 9.13. The van der Waals surface area contributed by atoms with E-state index < -0.39 is 8.80 Å². The number of rotatable bonds is 11. The summed E-state index contributed by atoms with van der Waals surface area (Å²) in [5.41, 5.74) is 0.